The minimum absolute atomic E-state index is 0.00943. The summed E-state index contributed by atoms with van der Waals surface area (Å²) in [7, 11) is 1.82. The summed E-state index contributed by atoms with van der Waals surface area (Å²) >= 11 is 6.04. The molecule has 2 heterocycles. The van der Waals surface area contributed by atoms with Crippen molar-refractivity contribution < 1.29 is 32.3 Å². The number of hydrogen-bond acceptors (Lipinski definition) is 10. The summed E-state index contributed by atoms with van der Waals surface area (Å²) in [6, 6.07) is 18.0. The van der Waals surface area contributed by atoms with E-state index in [1.807, 2.05) is 33.0 Å². The lowest BCUT2D eigenvalue weighted by atomic mass is 9.93. The van der Waals surface area contributed by atoms with Crippen LogP contribution in [0, 0.1) is 5.41 Å². The quantitative estimate of drug-likeness (QED) is 0.0934. The van der Waals surface area contributed by atoms with E-state index in [0.29, 0.717) is 22.0 Å². The number of imidazole rings is 1. The van der Waals surface area contributed by atoms with Crippen molar-refractivity contribution in [1.82, 2.24) is 35.1 Å². The number of fused-ring (bicyclic) bond motifs is 1. The number of carbonyl (C=O) groups is 3. The van der Waals surface area contributed by atoms with Crippen molar-refractivity contribution in [3.8, 4) is 6.01 Å². The van der Waals surface area contributed by atoms with Crippen LogP contribution in [0.5, 0.6) is 6.01 Å². The number of carbonyl (C=O) groups excluding carboxylic acids is 3. The minimum atomic E-state index is -4.61. The molecule has 54 heavy (non-hydrogen) atoms. The molecule has 0 aliphatic heterocycles. The molecule has 0 saturated heterocycles. The Kier molecular flexibility index (Phi) is 10.6. The highest BCUT2D eigenvalue weighted by molar-refractivity contribution is 6.39. The van der Waals surface area contributed by atoms with Crippen molar-refractivity contribution >= 4 is 63.6 Å². The number of alkyl halides is 3. The average molecular weight is 765 g/mol. The second kappa shape index (κ2) is 15.2. The monoisotopic (exact) mass is 764 g/mol. The van der Waals surface area contributed by atoms with E-state index in [1.165, 1.54) is 0 Å². The lowest BCUT2D eigenvalue weighted by Crippen LogP contribution is -2.44. The van der Waals surface area contributed by atoms with Gasteiger partial charge in [-0.25, -0.2) is 4.98 Å². The predicted octanol–water partition coefficient (Wildman–Crippen LogP) is 5.71. The van der Waals surface area contributed by atoms with Crippen LogP contribution < -0.4 is 31.3 Å². The number of halogens is 4. The van der Waals surface area contributed by atoms with Gasteiger partial charge in [0.2, 0.25) is 11.9 Å². The molecule has 0 unspecified atom stereocenters. The molecule has 2 aromatic heterocycles. The molecule has 5 aromatic rings. The first-order valence-electron chi connectivity index (χ1n) is 16.7. The Morgan fingerprint density at radius 2 is 1.54 bits per heavy atom. The smallest absolute Gasteiger partial charge is 0.422 e. The third-order valence-corrected chi connectivity index (χ3v) is 8.78. The van der Waals surface area contributed by atoms with Gasteiger partial charge in [-0.1, -0.05) is 37.6 Å². The molecule has 1 aliphatic rings. The summed E-state index contributed by atoms with van der Waals surface area (Å²) in [6.45, 7) is 2.32. The Balaban J connectivity index is 1.03. The fourth-order valence-corrected chi connectivity index (χ4v) is 5.51. The highest BCUT2D eigenvalue weighted by Crippen LogP contribution is 2.48. The van der Waals surface area contributed by atoms with Gasteiger partial charge < -0.3 is 35.9 Å². The Hall–Kier alpha value is -5.97. The number of nitrogens with zero attached hydrogens (tertiary/aromatic N) is 5. The molecule has 282 valence electrons. The molecular formula is C36H36ClF3N10O4. The van der Waals surface area contributed by atoms with Gasteiger partial charge >= 0.3 is 24.0 Å². The second-order valence-electron chi connectivity index (χ2n) is 13.6. The zero-order valence-corrected chi connectivity index (χ0v) is 30.1. The van der Waals surface area contributed by atoms with Crippen molar-refractivity contribution in [2.45, 2.75) is 38.4 Å². The molecule has 6 rings (SSSR count). The maximum atomic E-state index is 13.0. The minimum Gasteiger partial charge on any atom is -0.454 e. The molecule has 0 atom stereocenters. The van der Waals surface area contributed by atoms with Crippen LogP contribution in [0.1, 0.15) is 42.6 Å². The third kappa shape index (κ3) is 9.71. The van der Waals surface area contributed by atoms with E-state index in [-0.39, 0.29) is 25.0 Å². The van der Waals surface area contributed by atoms with Crippen LogP contribution in [0.2, 0.25) is 5.02 Å². The van der Waals surface area contributed by atoms with E-state index in [2.05, 4.69) is 46.5 Å². The number of anilines is 4. The highest BCUT2D eigenvalue weighted by atomic mass is 35.5. The molecule has 1 saturated carbocycles. The van der Waals surface area contributed by atoms with Gasteiger partial charge in [0.25, 0.3) is 5.91 Å². The average Bonchev–Trinajstić information content (AvgIpc) is 3.82. The van der Waals surface area contributed by atoms with Gasteiger partial charge in [-0.2, -0.15) is 28.1 Å². The molecule has 0 spiro atoms. The van der Waals surface area contributed by atoms with Crippen molar-refractivity contribution in [2.24, 2.45) is 12.5 Å². The molecule has 0 bridgehead atoms. The van der Waals surface area contributed by atoms with Crippen molar-refractivity contribution in [2.75, 3.05) is 35.6 Å². The molecule has 3 amide bonds. The summed E-state index contributed by atoms with van der Waals surface area (Å²) in [6.07, 6.45) is -1.49. The number of aryl methyl sites for hydroxylation is 1. The fraction of sp³-hybridized carbons (Fsp3) is 0.306. The number of rotatable bonds is 13. The standard InChI is InChI=1S/C36H36ClF3N10O4/c1-34(2,18-42-29(52)30(53)44-25-12-13-26-27(16-25)50(3)20-43-26)17-41-28(51)21-4-10-24(11-5-21)45-31-46-32(48-33(47-31)54-19-36(38,39)40)49-35(14-15-35)22-6-8-23(37)9-7-22/h4-13,16,20H,14-15,17-19H2,1-3H3,(H,41,51)(H,42,52)(H,44,53)(H2,45,46,47,48,49). The first-order valence-corrected chi connectivity index (χ1v) is 17.1. The van der Waals surface area contributed by atoms with E-state index in [4.69, 9.17) is 16.3 Å². The third-order valence-electron chi connectivity index (χ3n) is 8.53. The van der Waals surface area contributed by atoms with Crippen LogP contribution in [-0.2, 0) is 22.2 Å². The predicted molar refractivity (Wildman–Crippen MR) is 196 cm³/mol. The van der Waals surface area contributed by atoms with Crippen LogP contribution in [0.4, 0.5) is 36.4 Å². The highest BCUT2D eigenvalue weighted by Gasteiger charge is 2.45. The van der Waals surface area contributed by atoms with Gasteiger partial charge in [-0.05, 0) is 78.4 Å². The summed E-state index contributed by atoms with van der Waals surface area (Å²) in [5, 5.41) is 14.7. The zero-order chi connectivity index (χ0) is 38.7. The topological polar surface area (TPSA) is 177 Å². The van der Waals surface area contributed by atoms with Crippen LogP contribution in [0.15, 0.2) is 73.1 Å². The molecule has 0 radical (unpaired) electrons. The number of benzene rings is 3. The molecule has 18 heteroatoms. The number of nitrogens with one attached hydrogen (secondary N) is 5. The zero-order valence-electron chi connectivity index (χ0n) is 29.3. The van der Waals surface area contributed by atoms with E-state index in [0.717, 1.165) is 29.4 Å². The lowest BCUT2D eigenvalue weighted by molar-refractivity contribution is -0.154. The Morgan fingerprint density at radius 3 is 2.22 bits per heavy atom. The molecular weight excluding hydrogens is 729 g/mol. The van der Waals surface area contributed by atoms with Gasteiger partial charge in [0, 0.05) is 42.1 Å². The summed E-state index contributed by atoms with van der Waals surface area (Å²) in [5.74, 6) is -2.12. The largest absolute Gasteiger partial charge is 0.454 e. The normalized spacial score (nSPS) is 13.5. The lowest BCUT2D eigenvalue weighted by Gasteiger charge is -2.25. The Labute approximate surface area is 312 Å². The molecule has 1 aliphatic carbocycles. The Morgan fingerprint density at radius 1 is 0.870 bits per heavy atom. The van der Waals surface area contributed by atoms with E-state index in [1.54, 1.807) is 65.5 Å². The SMILES string of the molecule is Cn1cnc2ccc(NC(=O)C(=O)NCC(C)(C)CNC(=O)c3ccc(Nc4nc(NC5(c6ccc(Cl)cc6)CC5)nc(OCC(F)(F)F)n4)cc3)cc21. The van der Waals surface area contributed by atoms with Crippen LogP contribution >= 0.6 is 11.6 Å². The summed E-state index contributed by atoms with van der Waals surface area (Å²) in [5.41, 5.74) is 2.53. The van der Waals surface area contributed by atoms with Crippen molar-refractivity contribution in [3.05, 3.63) is 89.2 Å². The first kappa shape index (κ1) is 37.8. The van der Waals surface area contributed by atoms with Crippen molar-refractivity contribution in [3.63, 3.8) is 0 Å². The van der Waals surface area contributed by atoms with Gasteiger partial charge in [-0.15, -0.1) is 0 Å². The second-order valence-corrected chi connectivity index (χ2v) is 14.1. The first-order chi connectivity index (χ1) is 25.6. The van der Waals surface area contributed by atoms with Gasteiger partial charge in [0.15, 0.2) is 6.61 Å². The number of hydrogen-bond donors (Lipinski definition) is 5. The van der Waals surface area contributed by atoms with E-state index < -0.39 is 47.5 Å². The maximum Gasteiger partial charge on any atom is 0.422 e. The number of amides is 3. The van der Waals surface area contributed by atoms with Crippen molar-refractivity contribution in [1.29, 1.82) is 0 Å². The molecule has 1 fully saturated rings. The summed E-state index contributed by atoms with van der Waals surface area (Å²) < 4.78 is 45.5. The van der Waals surface area contributed by atoms with Gasteiger partial charge in [0.05, 0.1) is 22.9 Å². The van der Waals surface area contributed by atoms with Crippen LogP contribution in [-0.4, -0.2) is 68.1 Å². The maximum absolute atomic E-state index is 13.0. The summed E-state index contributed by atoms with van der Waals surface area (Å²) in [4.78, 5) is 54.7. The van der Waals surface area contributed by atoms with Crippen LogP contribution in [0.3, 0.4) is 0 Å². The van der Waals surface area contributed by atoms with Gasteiger partial charge in [0.1, 0.15) is 0 Å². The fourth-order valence-electron chi connectivity index (χ4n) is 5.38. The number of aromatic nitrogens is 5. The van der Waals surface area contributed by atoms with E-state index >= 15 is 0 Å². The molecule has 14 nitrogen and oxygen atoms in total. The van der Waals surface area contributed by atoms with Crippen LogP contribution in [0.25, 0.3) is 11.0 Å². The Bertz CT molecular complexity index is 2170. The van der Waals surface area contributed by atoms with Gasteiger partial charge in [-0.3, -0.25) is 14.4 Å². The number of ether oxygens (including phenoxy) is 1. The molecule has 3 aromatic carbocycles. The molecule has 5 N–H and O–H groups in total. The van der Waals surface area contributed by atoms with E-state index in [9.17, 15) is 27.6 Å².